The summed E-state index contributed by atoms with van der Waals surface area (Å²) in [4.78, 5) is 49.4. The summed E-state index contributed by atoms with van der Waals surface area (Å²) in [6, 6.07) is 15.0. The molecule has 0 saturated heterocycles. The Labute approximate surface area is 304 Å². The molecule has 4 bridgehead atoms. The van der Waals surface area contributed by atoms with Crippen LogP contribution in [0.5, 0.6) is 11.5 Å². The van der Waals surface area contributed by atoms with Gasteiger partial charge in [-0.3, -0.25) is 9.97 Å². The zero-order chi connectivity index (χ0) is 36.9. The molecular weight excluding hydrogens is 656 g/mol. The van der Waals surface area contributed by atoms with Gasteiger partial charge in [0.25, 0.3) is 0 Å². The Morgan fingerprint density at radius 1 is 0.596 bits per heavy atom. The zero-order valence-electron chi connectivity index (χ0n) is 31.1. The Bertz CT molecular complexity index is 2010. The number of pyridine rings is 2. The van der Waals surface area contributed by atoms with E-state index in [1.54, 1.807) is 13.8 Å². The number of aromatic nitrogens is 2. The number of rotatable bonds is 4. The van der Waals surface area contributed by atoms with Crippen LogP contribution in [0.15, 0.2) is 58.8 Å². The quantitative estimate of drug-likeness (QED) is 0.194. The van der Waals surface area contributed by atoms with Gasteiger partial charge in [0.05, 0.1) is 58.5 Å². The van der Waals surface area contributed by atoms with Crippen LogP contribution in [0.4, 0.5) is 0 Å². The van der Waals surface area contributed by atoms with Gasteiger partial charge in [0.1, 0.15) is 0 Å². The number of esters is 2. The highest BCUT2D eigenvalue weighted by atomic mass is 16.6. The van der Waals surface area contributed by atoms with Crippen molar-refractivity contribution in [3.05, 3.63) is 93.6 Å². The minimum atomic E-state index is -0.444. The molecule has 4 aliphatic heterocycles. The largest absolute Gasteiger partial charge is 0.462 e. The van der Waals surface area contributed by atoms with Gasteiger partial charge < -0.3 is 19.1 Å². The molecule has 52 heavy (non-hydrogen) atoms. The van der Waals surface area contributed by atoms with Crippen LogP contribution in [-0.4, -0.2) is 46.5 Å². The number of carbonyl (C=O) groups excluding carboxylic acids is 2. The number of hydrogen-bond donors (Lipinski definition) is 0. The molecule has 0 radical (unpaired) electrons. The highest BCUT2D eigenvalue weighted by Crippen LogP contribution is 2.44. The molecule has 0 atom stereocenters. The first-order chi connectivity index (χ1) is 24.8. The van der Waals surface area contributed by atoms with E-state index in [1.807, 2.05) is 62.4 Å². The molecule has 4 aromatic rings. The van der Waals surface area contributed by atoms with Crippen LogP contribution in [0.3, 0.4) is 0 Å². The minimum Gasteiger partial charge on any atom is -0.462 e. The topological polar surface area (TPSA) is 122 Å². The molecule has 0 amide bonds. The van der Waals surface area contributed by atoms with E-state index in [-0.39, 0.29) is 24.0 Å². The summed E-state index contributed by atoms with van der Waals surface area (Å²) < 4.78 is 11.1. The lowest BCUT2D eigenvalue weighted by Crippen LogP contribution is -2.31. The summed E-state index contributed by atoms with van der Waals surface area (Å²) in [6.07, 6.45) is 2.58. The number of oxime groups is 2. The van der Waals surface area contributed by atoms with Crippen LogP contribution < -0.4 is 9.68 Å². The molecular formula is C42H44N4O6. The maximum atomic E-state index is 13.6. The molecule has 2 aromatic carbocycles. The molecule has 0 unspecified atom stereocenters. The fourth-order valence-corrected chi connectivity index (χ4v) is 7.74. The first-order valence-electron chi connectivity index (χ1n) is 17.9. The van der Waals surface area contributed by atoms with Gasteiger partial charge in [-0.15, -0.1) is 0 Å². The Hall–Kier alpha value is -5.38. The predicted octanol–water partition coefficient (Wildman–Crippen LogP) is 8.61. The number of aryl methyl sites for hydroxylation is 2. The van der Waals surface area contributed by atoms with E-state index < -0.39 is 11.9 Å². The molecule has 0 saturated carbocycles. The normalized spacial score (nSPS) is 17.5. The number of benzene rings is 2. The molecule has 268 valence electrons. The lowest BCUT2D eigenvalue weighted by Gasteiger charge is -2.33. The van der Waals surface area contributed by atoms with Gasteiger partial charge in [0, 0.05) is 22.3 Å². The third kappa shape index (κ3) is 6.46. The predicted molar refractivity (Wildman–Crippen MR) is 199 cm³/mol. The maximum Gasteiger partial charge on any atom is 0.340 e. The Kier molecular flexibility index (Phi) is 8.97. The van der Waals surface area contributed by atoms with Crippen LogP contribution in [0.25, 0.3) is 22.3 Å². The van der Waals surface area contributed by atoms with Crippen molar-refractivity contribution in [2.24, 2.45) is 21.1 Å². The van der Waals surface area contributed by atoms with E-state index in [1.165, 1.54) is 0 Å². The zero-order valence-corrected chi connectivity index (χ0v) is 31.1. The highest BCUT2D eigenvalue weighted by molar-refractivity contribution is 6.13. The third-order valence-corrected chi connectivity index (χ3v) is 9.83. The Balaban J connectivity index is 1.49. The van der Waals surface area contributed by atoms with Crippen molar-refractivity contribution in [2.45, 2.75) is 81.1 Å². The van der Waals surface area contributed by atoms with E-state index in [0.717, 1.165) is 33.6 Å². The van der Waals surface area contributed by atoms with Crippen molar-refractivity contribution < 1.29 is 28.7 Å². The Morgan fingerprint density at radius 3 is 1.31 bits per heavy atom. The molecule has 0 fully saturated rings. The van der Waals surface area contributed by atoms with Crippen LogP contribution in [0, 0.1) is 24.7 Å². The van der Waals surface area contributed by atoms with Gasteiger partial charge in [0.2, 0.25) is 0 Å². The van der Waals surface area contributed by atoms with E-state index >= 15 is 0 Å². The lowest BCUT2D eigenvalue weighted by atomic mass is 9.72. The molecule has 2 aliphatic carbocycles. The van der Waals surface area contributed by atoms with Crippen molar-refractivity contribution in [2.75, 3.05) is 13.2 Å². The molecule has 6 heterocycles. The average molecular weight is 701 g/mol. The second kappa shape index (κ2) is 13.3. The van der Waals surface area contributed by atoms with Gasteiger partial charge in [-0.25, -0.2) is 9.59 Å². The molecule has 10 heteroatoms. The van der Waals surface area contributed by atoms with Gasteiger partial charge in [-0.05, 0) is 99.6 Å². The lowest BCUT2D eigenvalue weighted by molar-refractivity contribution is 0.0516. The summed E-state index contributed by atoms with van der Waals surface area (Å²) in [5, 5.41) is 9.53. The van der Waals surface area contributed by atoms with E-state index in [0.29, 0.717) is 82.2 Å². The van der Waals surface area contributed by atoms with E-state index in [2.05, 4.69) is 27.7 Å². The Morgan fingerprint density at radius 2 is 0.962 bits per heavy atom. The summed E-state index contributed by atoms with van der Waals surface area (Å²) in [6.45, 7) is 16.4. The fourth-order valence-electron chi connectivity index (χ4n) is 7.74. The average Bonchev–Trinajstić information content (AvgIpc) is 3.07. The molecule has 2 aromatic heterocycles. The molecule has 10 nitrogen and oxygen atoms in total. The second-order valence-electron chi connectivity index (χ2n) is 15.3. The molecule has 0 N–H and O–H groups in total. The van der Waals surface area contributed by atoms with Gasteiger partial charge in [0.15, 0.2) is 11.5 Å². The van der Waals surface area contributed by atoms with Crippen LogP contribution >= 0.6 is 0 Å². The van der Waals surface area contributed by atoms with Crippen molar-refractivity contribution >= 4 is 23.4 Å². The fraction of sp³-hybridized carbons (Fsp3) is 0.381. The van der Waals surface area contributed by atoms with Crippen molar-refractivity contribution in [1.82, 2.24) is 9.97 Å². The number of ether oxygens (including phenoxy) is 2. The van der Waals surface area contributed by atoms with Crippen molar-refractivity contribution in [1.29, 1.82) is 0 Å². The smallest absolute Gasteiger partial charge is 0.340 e. The van der Waals surface area contributed by atoms with Crippen molar-refractivity contribution in [3.63, 3.8) is 0 Å². The van der Waals surface area contributed by atoms with Gasteiger partial charge in [-0.1, -0.05) is 62.3 Å². The monoisotopic (exact) mass is 700 g/mol. The molecule has 6 aliphatic rings. The number of nitrogens with zero attached hydrogens (tertiary/aromatic N) is 4. The van der Waals surface area contributed by atoms with Crippen LogP contribution in [-0.2, 0) is 22.3 Å². The van der Waals surface area contributed by atoms with Gasteiger partial charge >= 0.3 is 11.9 Å². The summed E-state index contributed by atoms with van der Waals surface area (Å²) in [7, 11) is 0. The first kappa shape index (κ1) is 35.0. The SMILES string of the molecule is CCOC(=O)c1c(C)nc2c3c1-c1ccc(cc1)O/N=C1/CC(C)(C)Cc4nc(C)c(C(=O)OCC)c(c41)-c1ccc(cc1)ON=C3CC(C)(C)C2. The molecule has 10 rings (SSSR count). The molecule has 0 spiro atoms. The second-order valence-corrected chi connectivity index (χ2v) is 15.3. The minimum absolute atomic E-state index is 0.165. The number of hydrogen-bond acceptors (Lipinski definition) is 10. The van der Waals surface area contributed by atoms with E-state index in [9.17, 15) is 9.59 Å². The van der Waals surface area contributed by atoms with E-state index in [4.69, 9.17) is 39.4 Å². The first-order valence-corrected chi connectivity index (χ1v) is 17.9. The number of carbonyl (C=O) groups is 2. The third-order valence-electron chi connectivity index (χ3n) is 9.83. The maximum absolute atomic E-state index is 13.6. The van der Waals surface area contributed by atoms with Crippen LogP contribution in [0.1, 0.15) is 109 Å². The summed E-state index contributed by atoms with van der Waals surface area (Å²) in [5.74, 6) is 0.129. The standard InChI is InChI=1S/C42H44N4O6/c1-9-49-39(47)33-23(3)43-29-19-41(5,6)21-31-37(29)35(33)25-11-15-27(16-12-25)52-46-32-22-42(7,8)20-30-38(32)36(26-13-17-28(18-14-26)51-45-31)34(24(4)44-30)40(48)50-10-2/h11-18H,9-10,19-22H2,1-8H3/b45-31-,46-32?. The summed E-state index contributed by atoms with van der Waals surface area (Å²) >= 11 is 0. The van der Waals surface area contributed by atoms with Crippen LogP contribution in [0.2, 0.25) is 0 Å². The summed E-state index contributed by atoms with van der Waals surface area (Å²) in [5.41, 5.74) is 9.23. The highest BCUT2D eigenvalue weighted by Gasteiger charge is 2.38. The van der Waals surface area contributed by atoms with Gasteiger partial charge in [-0.2, -0.15) is 0 Å². The van der Waals surface area contributed by atoms with Crippen molar-refractivity contribution in [3.8, 4) is 33.8 Å².